The van der Waals surface area contributed by atoms with Gasteiger partial charge in [-0.25, -0.2) is 4.79 Å². The van der Waals surface area contributed by atoms with E-state index in [0.717, 1.165) is 10.9 Å². The zero-order valence-electron chi connectivity index (χ0n) is 8.74. The second kappa shape index (κ2) is 4.17. The van der Waals surface area contributed by atoms with Gasteiger partial charge in [0.05, 0.1) is 12.7 Å². The fourth-order valence-electron chi connectivity index (χ4n) is 1.54. The minimum atomic E-state index is -1.25. The Hall–Kier alpha value is -2.50. The number of phenols is 1. The SMILES string of the molecule is O=C(O)c1c(O)cnn1Cc1cccc(O)c1. The molecule has 88 valence electrons. The first-order chi connectivity index (χ1) is 8.08. The molecule has 1 aromatic heterocycles. The number of hydrogen-bond acceptors (Lipinski definition) is 4. The van der Waals surface area contributed by atoms with Gasteiger partial charge in [-0.15, -0.1) is 0 Å². The summed E-state index contributed by atoms with van der Waals surface area (Å²) in [7, 11) is 0. The number of carbonyl (C=O) groups is 1. The van der Waals surface area contributed by atoms with Crippen LogP contribution in [0.5, 0.6) is 11.5 Å². The molecule has 0 saturated heterocycles. The van der Waals surface area contributed by atoms with Crippen molar-refractivity contribution < 1.29 is 20.1 Å². The molecular weight excluding hydrogens is 224 g/mol. The Bertz CT molecular complexity index is 562. The van der Waals surface area contributed by atoms with E-state index in [1.807, 2.05) is 0 Å². The van der Waals surface area contributed by atoms with Gasteiger partial charge in [0.2, 0.25) is 0 Å². The van der Waals surface area contributed by atoms with Crippen molar-refractivity contribution in [2.24, 2.45) is 0 Å². The van der Waals surface area contributed by atoms with Gasteiger partial charge in [0.15, 0.2) is 11.4 Å². The molecule has 6 nitrogen and oxygen atoms in total. The third-order valence-corrected chi connectivity index (χ3v) is 2.27. The van der Waals surface area contributed by atoms with E-state index in [0.29, 0.717) is 5.56 Å². The van der Waals surface area contributed by atoms with Gasteiger partial charge in [0, 0.05) is 0 Å². The lowest BCUT2D eigenvalue weighted by molar-refractivity contribution is 0.0680. The lowest BCUT2D eigenvalue weighted by Gasteiger charge is -2.05. The smallest absolute Gasteiger partial charge is 0.358 e. The van der Waals surface area contributed by atoms with Crippen molar-refractivity contribution in [2.75, 3.05) is 0 Å². The van der Waals surface area contributed by atoms with Gasteiger partial charge < -0.3 is 15.3 Å². The summed E-state index contributed by atoms with van der Waals surface area (Å²) in [5.41, 5.74) is 0.420. The van der Waals surface area contributed by atoms with Gasteiger partial charge >= 0.3 is 5.97 Å². The van der Waals surface area contributed by atoms with E-state index in [-0.39, 0.29) is 23.7 Å². The van der Waals surface area contributed by atoms with E-state index in [1.165, 1.54) is 12.1 Å². The van der Waals surface area contributed by atoms with Crippen molar-refractivity contribution in [1.29, 1.82) is 0 Å². The molecule has 2 aromatic rings. The van der Waals surface area contributed by atoms with Crippen LogP contribution in [-0.4, -0.2) is 31.1 Å². The van der Waals surface area contributed by atoms with Crippen LogP contribution in [0.15, 0.2) is 30.5 Å². The predicted molar refractivity (Wildman–Crippen MR) is 58.1 cm³/mol. The Morgan fingerprint density at radius 2 is 2.12 bits per heavy atom. The van der Waals surface area contributed by atoms with E-state index in [4.69, 9.17) is 5.11 Å². The Morgan fingerprint density at radius 1 is 1.35 bits per heavy atom. The fourth-order valence-corrected chi connectivity index (χ4v) is 1.54. The number of carboxylic acids is 1. The molecule has 0 radical (unpaired) electrons. The maximum atomic E-state index is 10.9. The number of benzene rings is 1. The zero-order valence-corrected chi connectivity index (χ0v) is 8.74. The number of nitrogens with zero attached hydrogens (tertiary/aromatic N) is 2. The van der Waals surface area contributed by atoms with E-state index in [9.17, 15) is 15.0 Å². The fraction of sp³-hybridized carbons (Fsp3) is 0.0909. The number of carboxylic acid groups (broad SMARTS) is 1. The van der Waals surface area contributed by atoms with Gasteiger partial charge in [-0.05, 0) is 17.7 Å². The molecule has 0 atom stereocenters. The number of hydrogen-bond donors (Lipinski definition) is 3. The van der Waals surface area contributed by atoms with Crippen molar-refractivity contribution in [3.05, 3.63) is 41.7 Å². The molecule has 0 aliphatic heterocycles. The Balaban J connectivity index is 2.33. The molecule has 17 heavy (non-hydrogen) atoms. The third-order valence-electron chi connectivity index (χ3n) is 2.27. The molecule has 6 heteroatoms. The van der Waals surface area contributed by atoms with E-state index in [1.54, 1.807) is 12.1 Å². The van der Waals surface area contributed by atoms with Crippen LogP contribution in [0.1, 0.15) is 16.1 Å². The molecule has 2 rings (SSSR count). The molecular formula is C11H10N2O4. The highest BCUT2D eigenvalue weighted by Crippen LogP contribution is 2.18. The lowest BCUT2D eigenvalue weighted by Crippen LogP contribution is -2.10. The number of aromatic hydroxyl groups is 2. The summed E-state index contributed by atoms with van der Waals surface area (Å²) in [6, 6.07) is 6.39. The Labute approximate surface area is 96.4 Å². The Morgan fingerprint density at radius 3 is 2.76 bits per heavy atom. The normalized spacial score (nSPS) is 10.4. The molecule has 0 spiro atoms. The highest BCUT2D eigenvalue weighted by molar-refractivity contribution is 5.88. The summed E-state index contributed by atoms with van der Waals surface area (Å²) in [6.07, 6.45) is 1.08. The molecule has 1 heterocycles. The third kappa shape index (κ3) is 2.20. The summed E-state index contributed by atoms with van der Waals surface area (Å²) < 4.78 is 1.16. The zero-order chi connectivity index (χ0) is 12.4. The highest BCUT2D eigenvalue weighted by Gasteiger charge is 2.17. The number of phenolic OH excluding ortho intramolecular Hbond substituents is 1. The summed E-state index contributed by atoms with van der Waals surface area (Å²) >= 11 is 0. The average Bonchev–Trinajstić information content (AvgIpc) is 2.59. The van der Waals surface area contributed by atoms with Crippen molar-refractivity contribution in [3.63, 3.8) is 0 Å². The average molecular weight is 234 g/mol. The first-order valence-corrected chi connectivity index (χ1v) is 4.84. The van der Waals surface area contributed by atoms with E-state index < -0.39 is 5.97 Å². The summed E-state index contributed by atoms with van der Waals surface area (Å²) in [5.74, 6) is -1.53. The van der Waals surface area contributed by atoms with Crippen LogP contribution in [0, 0.1) is 0 Å². The van der Waals surface area contributed by atoms with Crippen LogP contribution < -0.4 is 0 Å². The summed E-state index contributed by atoms with van der Waals surface area (Å²) in [4.78, 5) is 10.9. The van der Waals surface area contributed by atoms with Crippen molar-refractivity contribution >= 4 is 5.97 Å². The highest BCUT2D eigenvalue weighted by atomic mass is 16.4. The van der Waals surface area contributed by atoms with Crippen LogP contribution >= 0.6 is 0 Å². The molecule has 0 aliphatic rings. The summed E-state index contributed by atoms with van der Waals surface area (Å²) in [5, 5.41) is 31.3. The summed E-state index contributed by atoms with van der Waals surface area (Å²) in [6.45, 7) is 0.163. The second-order valence-corrected chi connectivity index (χ2v) is 3.51. The van der Waals surface area contributed by atoms with Gasteiger partial charge in [0.25, 0.3) is 0 Å². The quantitative estimate of drug-likeness (QED) is 0.737. The van der Waals surface area contributed by atoms with Crippen LogP contribution in [0.4, 0.5) is 0 Å². The van der Waals surface area contributed by atoms with E-state index in [2.05, 4.69) is 5.10 Å². The largest absolute Gasteiger partial charge is 0.508 e. The lowest BCUT2D eigenvalue weighted by atomic mass is 10.2. The van der Waals surface area contributed by atoms with Crippen LogP contribution in [0.3, 0.4) is 0 Å². The van der Waals surface area contributed by atoms with Gasteiger partial charge in [-0.2, -0.15) is 5.10 Å². The van der Waals surface area contributed by atoms with Gasteiger partial charge in [-0.1, -0.05) is 12.1 Å². The number of aromatic carboxylic acids is 1. The molecule has 0 bridgehead atoms. The van der Waals surface area contributed by atoms with E-state index >= 15 is 0 Å². The molecule has 0 saturated carbocycles. The second-order valence-electron chi connectivity index (χ2n) is 3.51. The molecule has 0 aliphatic carbocycles. The maximum absolute atomic E-state index is 10.9. The predicted octanol–water partition coefficient (Wildman–Crippen LogP) is 1.04. The molecule has 1 aromatic carbocycles. The number of aromatic nitrogens is 2. The molecule has 0 unspecified atom stereocenters. The first kappa shape index (κ1) is 11.0. The monoisotopic (exact) mass is 234 g/mol. The van der Waals surface area contributed by atoms with Gasteiger partial charge in [0.1, 0.15) is 5.75 Å². The maximum Gasteiger partial charge on any atom is 0.358 e. The minimum Gasteiger partial charge on any atom is -0.508 e. The minimum absolute atomic E-state index is 0.0933. The first-order valence-electron chi connectivity index (χ1n) is 4.84. The molecule has 0 fully saturated rings. The standard InChI is InChI=1S/C11H10N2O4/c14-8-3-1-2-7(4-8)6-13-10(11(16)17)9(15)5-12-13/h1-5,14-15H,6H2,(H,16,17). The Kier molecular flexibility index (Phi) is 2.70. The topological polar surface area (TPSA) is 95.6 Å². The van der Waals surface area contributed by atoms with Crippen LogP contribution in [0.2, 0.25) is 0 Å². The van der Waals surface area contributed by atoms with Crippen LogP contribution in [-0.2, 0) is 6.54 Å². The van der Waals surface area contributed by atoms with Crippen molar-refractivity contribution in [1.82, 2.24) is 9.78 Å². The van der Waals surface area contributed by atoms with Crippen LogP contribution in [0.25, 0.3) is 0 Å². The number of rotatable bonds is 3. The molecule has 0 amide bonds. The molecule has 3 N–H and O–H groups in total. The van der Waals surface area contributed by atoms with Crippen molar-refractivity contribution in [2.45, 2.75) is 6.54 Å². The van der Waals surface area contributed by atoms with Gasteiger partial charge in [-0.3, -0.25) is 4.68 Å². The van der Waals surface area contributed by atoms with Crippen molar-refractivity contribution in [3.8, 4) is 11.5 Å².